The summed E-state index contributed by atoms with van der Waals surface area (Å²) in [6, 6.07) is 1.95. The van der Waals surface area contributed by atoms with E-state index in [0.29, 0.717) is 9.86 Å². The maximum absolute atomic E-state index is 13.1. The first kappa shape index (κ1) is 11.9. The molecule has 0 saturated carbocycles. The van der Waals surface area contributed by atoms with Crippen LogP contribution < -0.4 is 0 Å². The summed E-state index contributed by atoms with van der Waals surface area (Å²) in [4.78, 5) is 15.2. The smallest absolute Gasteiger partial charge is 0.340 e. The van der Waals surface area contributed by atoms with Crippen molar-refractivity contribution >= 4 is 32.8 Å². The molecule has 0 fully saturated rings. The number of carbonyl (C=O) groups is 1. The van der Waals surface area contributed by atoms with Crippen molar-refractivity contribution in [1.82, 2.24) is 4.98 Å². The highest BCUT2D eigenvalue weighted by Crippen LogP contribution is 2.28. The predicted octanol–water partition coefficient (Wildman–Crippen LogP) is 3.06. The number of methoxy groups -OCH3 is 1. The summed E-state index contributed by atoms with van der Waals surface area (Å²) in [6.45, 7) is 0. The number of halogens is 3. The van der Waals surface area contributed by atoms with E-state index < -0.39 is 17.6 Å². The van der Waals surface area contributed by atoms with Crippen LogP contribution in [0.2, 0.25) is 0 Å². The number of carbonyl (C=O) groups excluding carboxylic acids is 1. The third-order valence-electron chi connectivity index (χ3n) is 2.25. The molecule has 0 unspecified atom stereocenters. The molecule has 2 rings (SSSR count). The van der Waals surface area contributed by atoms with Gasteiger partial charge in [-0.2, -0.15) is 0 Å². The summed E-state index contributed by atoms with van der Waals surface area (Å²) in [5.74, 6) is -2.58. The molecular weight excluding hydrogens is 296 g/mol. The van der Waals surface area contributed by atoms with Crippen molar-refractivity contribution in [3.8, 4) is 0 Å². The molecule has 0 atom stereocenters. The molecule has 1 heterocycles. The first-order valence-corrected chi connectivity index (χ1v) is 5.35. The molecule has 6 heteroatoms. The molecular formula is C11H6BrF2NO2. The number of hydrogen-bond donors (Lipinski definition) is 0. The van der Waals surface area contributed by atoms with E-state index in [9.17, 15) is 13.6 Å². The minimum absolute atomic E-state index is 0.158. The SMILES string of the molecule is COC(=O)c1cnc2cc(F)c(F)cc2c1Br. The lowest BCUT2D eigenvalue weighted by atomic mass is 10.1. The van der Waals surface area contributed by atoms with Gasteiger partial charge in [0.05, 0.1) is 18.2 Å². The second-order valence-corrected chi connectivity index (χ2v) is 4.05. The number of fused-ring (bicyclic) bond motifs is 1. The molecule has 0 radical (unpaired) electrons. The predicted molar refractivity (Wildman–Crippen MR) is 60.7 cm³/mol. The van der Waals surface area contributed by atoms with Gasteiger partial charge in [0, 0.05) is 22.1 Å². The number of pyridine rings is 1. The highest BCUT2D eigenvalue weighted by atomic mass is 79.9. The molecule has 0 aliphatic heterocycles. The Bertz CT molecular complexity index is 616. The zero-order valence-corrected chi connectivity index (χ0v) is 10.2. The molecule has 1 aromatic carbocycles. The standard InChI is InChI=1S/C11H6BrF2NO2/c1-17-11(16)6-4-15-9-3-8(14)7(13)2-5(9)10(6)12/h2-4H,1H3. The van der Waals surface area contributed by atoms with E-state index in [2.05, 4.69) is 25.7 Å². The van der Waals surface area contributed by atoms with Gasteiger partial charge in [0.15, 0.2) is 11.6 Å². The lowest BCUT2D eigenvalue weighted by molar-refractivity contribution is 0.0599. The van der Waals surface area contributed by atoms with Gasteiger partial charge >= 0.3 is 5.97 Å². The zero-order chi connectivity index (χ0) is 12.6. The van der Waals surface area contributed by atoms with E-state index in [4.69, 9.17) is 0 Å². The minimum atomic E-state index is -0.998. The molecule has 0 N–H and O–H groups in total. The summed E-state index contributed by atoms with van der Waals surface area (Å²) >= 11 is 3.15. The van der Waals surface area contributed by atoms with E-state index in [-0.39, 0.29) is 11.1 Å². The number of ether oxygens (including phenoxy) is 1. The number of benzene rings is 1. The van der Waals surface area contributed by atoms with Crippen LogP contribution in [-0.2, 0) is 4.74 Å². The topological polar surface area (TPSA) is 39.2 Å². The summed E-state index contributed by atoms with van der Waals surface area (Å²) < 4.78 is 31.0. The Hall–Kier alpha value is -1.56. The average Bonchev–Trinajstić information content (AvgIpc) is 2.31. The van der Waals surface area contributed by atoms with Crippen molar-refractivity contribution < 1.29 is 18.3 Å². The number of aromatic nitrogens is 1. The summed E-state index contributed by atoms with van der Waals surface area (Å²) in [7, 11) is 1.23. The monoisotopic (exact) mass is 301 g/mol. The van der Waals surface area contributed by atoms with Crippen LogP contribution in [0, 0.1) is 11.6 Å². The van der Waals surface area contributed by atoms with Gasteiger partial charge in [-0.3, -0.25) is 4.98 Å². The van der Waals surface area contributed by atoms with Gasteiger partial charge in [0.25, 0.3) is 0 Å². The Labute approximate surface area is 104 Å². The van der Waals surface area contributed by atoms with Gasteiger partial charge in [0.1, 0.15) is 0 Å². The van der Waals surface area contributed by atoms with Crippen molar-refractivity contribution in [2.45, 2.75) is 0 Å². The van der Waals surface area contributed by atoms with Gasteiger partial charge < -0.3 is 4.74 Å². The van der Waals surface area contributed by atoms with E-state index in [1.807, 2.05) is 0 Å². The van der Waals surface area contributed by atoms with Crippen molar-refractivity contribution in [2.75, 3.05) is 7.11 Å². The summed E-state index contributed by atoms with van der Waals surface area (Å²) in [5, 5.41) is 0.312. The molecule has 17 heavy (non-hydrogen) atoms. The third-order valence-corrected chi connectivity index (χ3v) is 3.10. The first-order chi connectivity index (χ1) is 8.04. The molecule has 2 aromatic rings. The number of rotatable bonds is 1. The van der Waals surface area contributed by atoms with Crippen LogP contribution in [0.15, 0.2) is 22.8 Å². The van der Waals surface area contributed by atoms with Crippen LogP contribution in [-0.4, -0.2) is 18.1 Å². The van der Waals surface area contributed by atoms with Crippen LogP contribution in [0.25, 0.3) is 10.9 Å². The van der Waals surface area contributed by atoms with Crippen LogP contribution in [0.3, 0.4) is 0 Å². The van der Waals surface area contributed by atoms with Crippen molar-refractivity contribution in [3.63, 3.8) is 0 Å². The third kappa shape index (κ3) is 2.00. The summed E-state index contributed by atoms with van der Waals surface area (Å²) in [5.41, 5.74) is 0.412. The summed E-state index contributed by atoms with van der Waals surface area (Å²) in [6.07, 6.45) is 1.25. The zero-order valence-electron chi connectivity index (χ0n) is 8.63. The highest BCUT2D eigenvalue weighted by Gasteiger charge is 2.15. The highest BCUT2D eigenvalue weighted by molar-refractivity contribution is 9.10. The van der Waals surface area contributed by atoms with Gasteiger partial charge in [-0.1, -0.05) is 0 Å². The van der Waals surface area contributed by atoms with Gasteiger partial charge in [-0.05, 0) is 22.0 Å². The second-order valence-electron chi connectivity index (χ2n) is 3.26. The Balaban J connectivity index is 2.75. The van der Waals surface area contributed by atoms with Crippen molar-refractivity contribution in [2.24, 2.45) is 0 Å². The number of esters is 1. The molecule has 0 aliphatic carbocycles. The largest absolute Gasteiger partial charge is 0.465 e. The molecule has 0 aliphatic rings. The van der Waals surface area contributed by atoms with Crippen LogP contribution in [0.4, 0.5) is 8.78 Å². The van der Waals surface area contributed by atoms with E-state index >= 15 is 0 Å². The Morgan fingerprint density at radius 2 is 2.00 bits per heavy atom. The minimum Gasteiger partial charge on any atom is -0.465 e. The van der Waals surface area contributed by atoms with Gasteiger partial charge in [-0.15, -0.1) is 0 Å². The van der Waals surface area contributed by atoms with E-state index in [1.165, 1.54) is 13.3 Å². The second kappa shape index (κ2) is 4.37. The Morgan fingerprint density at radius 1 is 1.35 bits per heavy atom. The molecule has 88 valence electrons. The average molecular weight is 302 g/mol. The van der Waals surface area contributed by atoms with Crippen molar-refractivity contribution in [3.05, 3.63) is 40.0 Å². The van der Waals surface area contributed by atoms with Crippen LogP contribution in [0.1, 0.15) is 10.4 Å². The van der Waals surface area contributed by atoms with Gasteiger partial charge in [0.2, 0.25) is 0 Å². The fourth-order valence-corrected chi connectivity index (χ4v) is 1.99. The lowest BCUT2D eigenvalue weighted by Crippen LogP contribution is -2.03. The van der Waals surface area contributed by atoms with Crippen LogP contribution >= 0.6 is 15.9 Å². The van der Waals surface area contributed by atoms with Gasteiger partial charge in [-0.25, -0.2) is 13.6 Å². The quantitative estimate of drug-likeness (QED) is 0.760. The number of nitrogens with zero attached hydrogens (tertiary/aromatic N) is 1. The molecule has 0 spiro atoms. The van der Waals surface area contributed by atoms with E-state index in [0.717, 1.165) is 12.1 Å². The number of hydrogen-bond acceptors (Lipinski definition) is 3. The lowest BCUT2D eigenvalue weighted by Gasteiger charge is -2.06. The Kier molecular flexibility index (Phi) is 3.06. The molecule has 0 bridgehead atoms. The fourth-order valence-electron chi connectivity index (χ4n) is 1.41. The first-order valence-electron chi connectivity index (χ1n) is 4.56. The maximum atomic E-state index is 13.1. The van der Waals surface area contributed by atoms with E-state index in [1.54, 1.807) is 0 Å². The molecule has 3 nitrogen and oxygen atoms in total. The molecule has 0 amide bonds. The molecule has 1 aromatic heterocycles. The Morgan fingerprint density at radius 3 is 2.65 bits per heavy atom. The van der Waals surface area contributed by atoms with Crippen LogP contribution in [0.5, 0.6) is 0 Å². The fraction of sp³-hybridized carbons (Fsp3) is 0.0909. The maximum Gasteiger partial charge on any atom is 0.340 e. The molecule has 0 saturated heterocycles. The van der Waals surface area contributed by atoms with Crippen molar-refractivity contribution in [1.29, 1.82) is 0 Å². The normalized spacial score (nSPS) is 10.6.